The number of aromatic nitrogens is 3. The fraction of sp³-hybridized carbons (Fsp3) is 0.150. The van der Waals surface area contributed by atoms with Gasteiger partial charge in [0.25, 0.3) is 0 Å². The van der Waals surface area contributed by atoms with Crippen molar-refractivity contribution < 1.29 is 13.6 Å². The van der Waals surface area contributed by atoms with E-state index in [9.17, 15) is 0 Å². The quantitative estimate of drug-likeness (QED) is 0.235. The molecule has 0 saturated carbocycles. The van der Waals surface area contributed by atoms with Crippen molar-refractivity contribution in [2.75, 3.05) is 5.75 Å². The summed E-state index contributed by atoms with van der Waals surface area (Å²) >= 11 is 13.5. The molecule has 30 heavy (non-hydrogen) atoms. The van der Waals surface area contributed by atoms with Crippen LogP contribution in [-0.4, -0.2) is 26.8 Å². The van der Waals surface area contributed by atoms with E-state index in [0.717, 1.165) is 5.75 Å². The molecule has 154 valence electrons. The van der Waals surface area contributed by atoms with Gasteiger partial charge in [-0.25, -0.2) is 0 Å². The number of rotatable bonds is 8. The summed E-state index contributed by atoms with van der Waals surface area (Å²) in [6.07, 6.45) is 3.17. The van der Waals surface area contributed by atoms with Gasteiger partial charge < -0.3 is 13.6 Å². The molecule has 0 atom stereocenters. The summed E-state index contributed by atoms with van der Waals surface area (Å²) in [7, 11) is 0. The van der Waals surface area contributed by atoms with Crippen LogP contribution in [-0.2, 0) is 6.61 Å². The number of ether oxygens (including phenoxy) is 1. The molecule has 0 fully saturated rings. The van der Waals surface area contributed by atoms with Crippen molar-refractivity contribution in [3.05, 3.63) is 70.3 Å². The van der Waals surface area contributed by atoms with Crippen molar-refractivity contribution in [1.82, 2.24) is 14.9 Å². The van der Waals surface area contributed by atoms with E-state index in [4.69, 9.17) is 36.8 Å². The number of hydrogen-bond acceptors (Lipinski definition) is 7. The highest BCUT2D eigenvalue weighted by Gasteiger charge is 2.15. The second-order valence-electron chi connectivity index (χ2n) is 5.94. The smallest absolute Gasteiger partial charge is 0.221 e. The monoisotopic (exact) mass is 462 g/mol. The van der Waals surface area contributed by atoms with E-state index in [-0.39, 0.29) is 6.61 Å². The first-order valence-corrected chi connectivity index (χ1v) is 10.7. The van der Waals surface area contributed by atoms with E-state index in [0.29, 0.717) is 44.1 Å². The van der Waals surface area contributed by atoms with Crippen molar-refractivity contribution in [2.45, 2.75) is 18.7 Å². The van der Waals surface area contributed by atoms with Crippen LogP contribution in [0.2, 0.25) is 10.0 Å². The zero-order valence-electron chi connectivity index (χ0n) is 15.8. The van der Waals surface area contributed by atoms with E-state index in [2.05, 4.69) is 15.3 Å². The normalized spacial score (nSPS) is 11.4. The Kier molecular flexibility index (Phi) is 6.47. The predicted octanol–water partition coefficient (Wildman–Crippen LogP) is 6.01. The van der Waals surface area contributed by atoms with Crippen LogP contribution in [0.5, 0.6) is 5.75 Å². The Morgan fingerprint density at radius 2 is 2.10 bits per heavy atom. The van der Waals surface area contributed by atoms with Gasteiger partial charge in [-0.05, 0) is 48.2 Å². The maximum atomic E-state index is 6.12. The number of hydrogen-bond donors (Lipinski definition) is 0. The minimum atomic E-state index is 0.219. The Balaban J connectivity index is 1.49. The van der Waals surface area contributed by atoms with Crippen LogP contribution in [0, 0.1) is 0 Å². The lowest BCUT2D eigenvalue weighted by atomic mass is 10.3. The van der Waals surface area contributed by atoms with Gasteiger partial charge >= 0.3 is 0 Å². The molecule has 0 N–H and O–H groups in total. The Morgan fingerprint density at radius 3 is 2.87 bits per heavy atom. The lowest BCUT2D eigenvalue weighted by molar-refractivity contribution is 0.270. The molecule has 0 bridgehead atoms. The first-order chi connectivity index (χ1) is 14.6. The zero-order valence-corrected chi connectivity index (χ0v) is 18.1. The van der Waals surface area contributed by atoms with Gasteiger partial charge in [-0.2, -0.15) is 9.78 Å². The standard InChI is InChI=1S/C20H16Cl2N4O3S/c1-2-30-20-25-24-19(18-4-3-9-27-18)26(20)23-11-14-6-7-15(29-14)12-28-17-8-5-13(21)10-16(17)22/h3-11H,2,12H2,1H3/b23-11+. The third-order valence-corrected chi connectivity index (χ3v) is 5.21. The third kappa shape index (κ3) is 4.72. The van der Waals surface area contributed by atoms with Crippen LogP contribution in [0.15, 0.2) is 67.8 Å². The molecule has 0 aliphatic heterocycles. The summed E-state index contributed by atoms with van der Waals surface area (Å²) in [6.45, 7) is 2.25. The highest BCUT2D eigenvalue weighted by atomic mass is 35.5. The Morgan fingerprint density at radius 1 is 1.20 bits per heavy atom. The molecular weight excluding hydrogens is 447 g/mol. The van der Waals surface area contributed by atoms with Gasteiger partial charge in [0.1, 0.15) is 23.9 Å². The van der Waals surface area contributed by atoms with Crippen LogP contribution < -0.4 is 4.74 Å². The average Bonchev–Trinajstić information content (AvgIpc) is 3.47. The molecule has 1 aromatic carbocycles. The summed E-state index contributed by atoms with van der Waals surface area (Å²) in [5.74, 6) is 3.64. The first kappa shape index (κ1) is 20.6. The molecule has 4 rings (SSSR count). The molecule has 0 saturated heterocycles. The van der Waals surface area contributed by atoms with Crippen molar-refractivity contribution in [3.63, 3.8) is 0 Å². The second kappa shape index (κ2) is 9.42. The van der Waals surface area contributed by atoms with Crippen LogP contribution in [0.4, 0.5) is 0 Å². The zero-order chi connectivity index (χ0) is 20.9. The molecule has 7 nitrogen and oxygen atoms in total. The van der Waals surface area contributed by atoms with E-state index < -0.39 is 0 Å². The molecular formula is C20H16Cl2N4O3S. The van der Waals surface area contributed by atoms with Crippen LogP contribution in [0.3, 0.4) is 0 Å². The molecule has 3 heterocycles. The van der Waals surface area contributed by atoms with Crippen LogP contribution >= 0.6 is 35.0 Å². The second-order valence-corrected chi connectivity index (χ2v) is 8.02. The van der Waals surface area contributed by atoms with Gasteiger partial charge in [0.15, 0.2) is 5.76 Å². The van der Waals surface area contributed by atoms with Crippen molar-refractivity contribution in [1.29, 1.82) is 0 Å². The highest BCUT2D eigenvalue weighted by molar-refractivity contribution is 7.99. The third-order valence-electron chi connectivity index (χ3n) is 3.87. The minimum Gasteiger partial charge on any atom is -0.484 e. The molecule has 0 spiro atoms. The fourth-order valence-electron chi connectivity index (χ4n) is 2.55. The maximum Gasteiger partial charge on any atom is 0.221 e. The van der Waals surface area contributed by atoms with Crippen molar-refractivity contribution >= 4 is 41.2 Å². The average molecular weight is 463 g/mol. The maximum absolute atomic E-state index is 6.12. The highest BCUT2D eigenvalue weighted by Crippen LogP contribution is 2.28. The predicted molar refractivity (Wildman–Crippen MR) is 117 cm³/mol. The van der Waals surface area contributed by atoms with E-state index in [1.165, 1.54) is 11.8 Å². The molecule has 0 amide bonds. The molecule has 0 radical (unpaired) electrons. The Labute approximate surface area is 186 Å². The number of halogens is 2. The van der Waals surface area contributed by atoms with Gasteiger partial charge in [-0.1, -0.05) is 41.9 Å². The molecule has 0 aliphatic carbocycles. The van der Waals surface area contributed by atoms with Crippen molar-refractivity contribution in [3.8, 4) is 17.3 Å². The Hall–Kier alpha value is -2.68. The lowest BCUT2D eigenvalue weighted by Gasteiger charge is -2.06. The summed E-state index contributed by atoms with van der Waals surface area (Å²) in [6, 6.07) is 12.3. The molecule has 0 unspecified atom stereocenters. The molecule has 0 aliphatic rings. The van der Waals surface area contributed by atoms with E-state index >= 15 is 0 Å². The number of benzene rings is 1. The van der Waals surface area contributed by atoms with Crippen LogP contribution in [0.1, 0.15) is 18.4 Å². The molecule has 3 aromatic heterocycles. The van der Waals surface area contributed by atoms with Gasteiger partial charge in [0.2, 0.25) is 11.0 Å². The minimum absolute atomic E-state index is 0.219. The largest absolute Gasteiger partial charge is 0.484 e. The summed E-state index contributed by atoms with van der Waals surface area (Å²) < 4.78 is 18.5. The van der Waals surface area contributed by atoms with Gasteiger partial charge in [-0.15, -0.1) is 10.2 Å². The molecule has 10 heteroatoms. The Bertz CT molecular complexity index is 1150. The topological polar surface area (TPSA) is 78.6 Å². The van der Waals surface area contributed by atoms with Crippen LogP contribution in [0.25, 0.3) is 11.6 Å². The fourth-order valence-corrected chi connectivity index (χ4v) is 3.62. The van der Waals surface area contributed by atoms with Gasteiger partial charge in [0, 0.05) is 5.02 Å². The van der Waals surface area contributed by atoms with E-state index in [1.807, 2.05) is 13.0 Å². The summed E-state index contributed by atoms with van der Waals surface area (Å²) in [4.78, 5) is 0. The summed E-state index contributed by atoms with van der Waals surface area (Å²) in [5.41, 5.74) is 0. The summed E-state index contributed by atoms with van der Waals surface area (Å²) in [5, 5.41) is 14.5. The van der Waals surface area contributed by atoms with Gasteiger partial charge in [0.05, 0.1) is 17.5 Å². The molecule has 4 aromatic rings. The van der Waals surface area contributed by atoms with Crippen molar-refractivity contribution in [2.24, 2.45) is 5.10 Å². The first-order valence-electron chi connectivity index (χ1n) is 8.97. The van der Waals surface area contributed by atoms with Gasteiger partial charge in [-0.3, -0.25) is 0 Å². The number of thioether (sulfide) groups is 1. The SMILES string of the molecule is CCSc1nnc(-c2ccco2)n1/N=C/c1ccc(COc2ccc(Cl)cc2Cl)o1. The number of nitrogens with zero attached hydrogens (tertiary/aromatic N) is 4. The lowest BCUT2D eigenvalue weighted by Crippen LogP contribution is -1.96. The van der Waals surface area contributed by atoms with E-state index in [1.54, 1.807) is 53.6 Å². The number of furan rings is 2.